The van der Waals surface area contributed by atoms with Gasteiger partial charge in [0.25, 0.3) is 5.69 Å². The van der Waals surface area contributed by atoms with Gasteiger partial charge >= 0.3 is 0 Å². The maximum Gasteiger partial charge on any atom is 0.273 e. The molecule has 0 radical (unpaired) electrons. The Balaban J connectivity index is 2.21. The quantitative estimate of drug-likeness (QED) is 0.652. The topological polar surface area (TPSA) is 77.3 Å². The molecule has 7 heteroatoms. The van der Waals surface area contributed by atoms with Crippen LogP contribution in [-0.4, -0.2) is 16.5 Å². The summed E-state index contributed by atoms with van der Waals surface area (Å²) in [4.78, 5) is 14.4. The van der Waals surface area contributed by atoms with Crippen molar-refractivity contribution in [2.45, 2.75) is 13.5 Å². The Morgan fingerprint density at radius 2 is 2.19 bits per heavy atom. The maximum atomic E-state index is 10.8. The third-order valence-electron chi connectivity index (χ3n) is 2.70. The number of aromatic nitrogens is 1. The van der Waals surface area contributed by atoms with Crippen molar-refractivity contribution < 1.29 is 9.66 Å². The molecule has 110 valence electrons. The molecule has 0 atom stereocenters. The SMILES string of the molecule is CCNCc1cncc(Oc2cc([N+](=O)[O-])ccc2Cl)c1. The number of non-ortho nitro benzene ring substituents is 1. The Bertz CT molecular complexity index is 649. The zero-order chi connectivity index (χ0) is 15.2. The number of nitrogens with one attached hydrogen (secondary N) is 1. The lowest BCUT2D eigenvalue weighted by Gasteiger charge is -2.08. The van der Waals surface area contributed by atoms with Gasteiger partial charge in [-0.05, 0) is 24.2 Å². The Hall–Kier alpha value is -2.18. The van der Waals surface area contributed by atoms with E-state index in [2.05, 4.69) is 10.3 Å². The van der Waals surface area contributed by atoms with Crippen LogP contribution in [0.1, 0.15) is 12.5 Å². The Labute approximate surface area is 126 Å². The van der Waals surface area contributed by atoms with E-state index in [1.54, 1.807) is 6.20 Å². The highest BCUT2D eigenvalue weighted by Gasteiger charge is 2.11. The van der Waals surface area contributed by atoms with Gasteiger partial charge in [-0.3, -0.25) is 15.1 Å². The lowest BCUT2D eigenvalue weighted by molar-refractivity contribution is -0.384. The molecule has 0 aliphatic heterocycles. The molecule has 0 saturated heterocycles. The van der Waals surface area contributed by atoms with E-state index < -0.39 is 4.92 Å². The summed E-state index contributed by atoms with van der Waals surface area (Å²) in [5.74, 6) is 0.709. The smallest absolute Gasteiger partial charge is 0.273 e. The van der Waals surface area contributed by atoms with Crippen LogP contribution in [0.5, 0.6) is 11.5 Å². The number of nitro benzene ring substituents is 1. The molecule has 1 aromatic heterocycles. The first-order chi connectivity index (χ1) is 10.1. The molecule has 6 nitrogen and oxygen atoms in total. The molecule has 0 amide bonds. The van der Waals surface area contributed by atoms with Crippen LogP contribution in [0.2, 0.25) is 5.02 Å². The summed E-state index contributed by atoms with van der Waals surface area (Å²) in [5.41, 5.74) is 0.877. The summed E-state index contributed by atoms with van der Waals surface area (Å²) in [6.07, 6.45) is 3.26. The molecule has 0 unspecified atom stereocenters. The lowest BCUT2D eigenvalue weighted by Crippen LogP contribution is -2.11. The highest BCUT2D eigenvalue weighted by atomic mass is 35.5. The average molecular weight is 308 g/mol. The summed E-state index contributed by atoms with van der Waals surface area (Å²) in [6, 6.07) is 5.87. The van der Waals surface area contributed by atoms with Crippen molar-refractivity contribution in [2.75, 3.05) is 6.54 Å². The number of ether oxygens (including phenoxy) is 1. The zero-order valence-corrected chi connectivity index (χ0v) is 12.1. The Morgan fingerprint density at radius 3 is 2.90 bits per heavy atom. The molecular weight excluding hydrogens is 294 g/mol. The van der Waals surface area contributed by atoms with E-state index in [1.165, 1.54) is 24.4 Å². The minimum Gasteiger partial charge on any atom is -0.454 e. The maximum absolute atomic E-state index is 10.8. The summed E-state index contributed by atoms with van der Waals surface area (Å²) in [6.45, 7) is 3.53. The molecule has 21 heavy (non-hydrogen) atoms. The fourth-order valence-electron chi connectivity index (χ4n) is 1.70. The molecule has 2 rings (SSSR count). The number of hydrogen-bond donors (Lipinski definition) is 1. The minimum absolute atomic E-state index is 0.0776. The van der Waals surface area contributed by atoms with Crippen molar-refractivity contribution in [2.24, 2.45) is 0 Å². The molecule has 0 saturated carbocycles. The van der Waals surface area contributed by atoms with E-state index in [0.717, 1.165) is 12.1 Å². The molecule has 1 heterocycles. The molecule has 0 fully saturated rings. The van der Waals surface area contributed by atoms with E-state index in [-0.39, 0.29) is 11.4 Å². The van der Waals surface area contributed by atoms with Crippen LogP contribution in [0.25, 0.3) is 0 Å². The number of nitro groups is 1. The van der Waals surface area contributed by atoms with E-state index in [4.69, 9.17) is 16.3 Å². The first-order valence-corrected chi connectivity index (χ1v) is 6.74. The standard InChI is InChI=1S/C14H14ClN3O3/c1-2-16-7-10-5-12(9-17-8-10)21-14-6-11(18(19)20)3-4-13(14)15/h3-6,8-9,16H,2,7H2,1H3. The van der Waals surface area contributed by atoms with E-state index in [1.807, 2.05) is 13.0 Å². The summed E-state index contributed by atoms with van der Waals surface area (Å²) in [7, 11) is 0. The molecule has 1 aromatic carbocycles. The average Bonchev–Trinajstić information content (AvgIpc) is 2.47. The number of benzene rings is 1. The Morgan fingerprint density at radius 1 is 1.38 bits per heavy atom. The van der Waals surface area contributed by atoms with Gasteiger partial charge in [0.2, 0.25) is 0 Å². The molecule has 2 aromatic rings. The number of rotatable bonds is 6. The van der Waals surface area contributed by atoms with Crippen LogP contribution in [0.4, 0.5) is 5.69 Å². The predicted molar refractivity (Wildman–Crippen MR) is 79.8 cm³/mol. The summed E-state index contributed by atoms with van der Waals surface area (Å²) >= 11 is 5.99. The summed E-state index contributed by atoms with van der Waals surface area (Å²) in [5, 5.41) is 14.3. The molecule has 0 bridgehead atoms. The third-order valence-corrected chi connectivity index (χ3v) is 3.01. The first kappa shape index (κ1) is 15.2. The largest absolute Gasteiger partial charge is 0.454 e. The Kier molecular flexibility index (Phi) is 5.08. The molecular formula is C14H14ClN3O3. The van der Waals surface area contributed by atoms with Gasteiger partial charge in [-0.2, -0.15) is 0 Å². The van der Waals surface area contributed by atoms with Gasteiger partial charge in [0.05, 0.1) is 22.2 Å². The van der Waals surface area contributed by atoms with Crippen LogP contribution >= 0.6 is 11.6 Å². The van der Waals surface area contributed by atoms with Crippen LogP contribution in [0.15, 0.2) is 36.7 Å². The van der Waals surface area contributed by atoms with Gasteiger partial charge in [-0.1, -0.05) is 18.5 Å². The molecule has 1 N–H and O–H groups in total. The second-order valence-corrected chi connectivity index (χ2v) is 4.69. The first-order valence-electron chi connectivity index (χ1n) is 6.36. The monoisotopic (exact) mass is 307 g/mol. The van der Waals surface area contributed by atoms with Crippen molar-refractivity contribution in [3.63, 3.8) is 0 Å². The summed E-state index contributed by atoms with van der Waals surface area (Å²) < 4.78 is 5.59. The van der Waals surface area contributed by atoms with Gasteiger partial charge in [-0.25, -0.2) is 0 Å². The van der Waals surface area contributed by atoms with Crippen molar-refractivity contribution in [3.05, 3.63) is 57.4 Å². The minimum atomic E-state index is -0.497. The van der Waals surface area contributed by atoms with E-state index >= 15 is 0 Å². The van der Waals surface area contributed by atoms with E-state index in [9.17, 15) is 10.1 Å². The van der Waals surface area contributed by atoms with Crippen molar-refractivity contribution in [1.29, 1.82) is 0 Å². The molecule has 0 aliphatic carbocycles. The lowest BCUT2D eigenvalue weighted by atomic mass is 10.2. The fourth-order valence-corrected chi connectivity index (χ4v) is 1.85. The highest BCUT2D eigenvalue weighted by molar-refractivity contribution is 6.32. The number of hydrogen-bond acceptors (Lipinski definition) is 5. The van der Waals surface area contributed by atoms with Crippen LogP contribution in [0.3, 0.4) is 0 Å². The molecule has 0 aliphatic rings. The van der Waals surface area contributed by atoms with Gasteiger partial charge in [0.15, 0.2) is 5.75 Å². The van der Waals surface area contributed by atoms with Gasteiger partial charge in [0.1, 0.15) is 5.75 Å². The number of halogens is 1. The van der Waals surface area contributed by atoms with Crippen LogP contribution < -0.4 is 10.1 Å². The second-order valence-electron chi connectivity index (χ2n) is 4.28. The predicted octanol–water partition coefficient (Wildman–Crippen LogP) is 3.55. The second kappa shape index (κ2) is 7.01. The van der Waals surface area contributed by atoms with Crippen molar-refractivity contribution in [1.82, 2.24) is 10.3 Å². The van der Waals surface area contributed by atoms with Gasteiger partial charge in [0, 0.05) is 18.8 Å². The number of pyridine rings is 1. The third kappa shape index (κ3) is 4.14. The zero-order valence-electron chi connectivity index (χ0n) is 11.4. The van der Waals surface area contributed by atoms with Gasteiger partial charge in [-0.15, -0.1) is 0 Å². The fraction of sp³-hybridized carbons (Fsp3) is 0.214. The normalized spacial score (nSPS) is 10.4. The van der Waals surface area contributed by atoms with Crippen LogP contribution in [0, 0.1) is 10.1 Å². The molecule has 0 spiro atoms. The van der Waals surface area contributed by atoms with E-state index in [0.29, 0.717) is 17.3 Å². The van der Waals surface area contributed by atoms with Crippen molar-refractivity contribution >= 4 is 17.3 Å². The van der Waals surface area contributed by atoms with Crippen LogP contribution in [-0.2, 0) is 6.54 Å². The highest BCUT2D eigenvalue weighted by Crippen LogP contribution is 2.32. The van der Waals surface area contributed by atoms with Crippen molar-refractivity contribution in [3.8, 4) is 11.5 Å². The van der Waals surface area contributed by atoms with Gasteiger partial charge < -0.3 is 10.1 Å². The number of nitrogens with zero attached hydrogens (tertiary/aromatic N) is 2.